The number of aryl methyl sites for hydroxylation is 1. The van der Waals surface area contributed by atoms with Gasteiger partial charge in [-0.3, -0.25) is 4.79 Å². The molecule has 0 aliphatic carbocycles. The van der Waals surface area contributed by atoms with Gasteiger partial charge in [-0.25, -0.2) is 0 Å². The van der Waals surface area contributed by atoms with E-state index in [0.717, 1.165) is 10.6 Å². The van der Waals surface area contributed by atoms with Gasteiger partial charge in [0.15, 0.2) is 11.5 Å². The van der Waals surface area contributed by atoms with E-state index in [2.05, 4.69) is 25.8 Å². The number of anilines is 1. The molecule has 1 N–H and O–H groups in total. The minimum Gasteiger partial charge on any atom is -0.360 e. The van der Waals surface area contributed by atoms with Gasteiger partial charge in [0, 0.05) is 6.07 Å². The van der Waals surface area contributed by atoms with Crippen molar-refractivity contribution in [1.82, 2.24) is 25.0 Å². The molecule has 0 saturated carbocycles. The molecule has 1 amide bonds. The summed E-state index contributed by atoms with van der Waals surface area (Å²) in [4.78, 5) is 13.1. The minimum atomic E-state index is -0.204. The first-order valence-corrected chi connectivity index (χ1v) is 9.18. The summed E-state index contributed by atoms with van der Waals surface area (Å²) in [7, 11) is 0. The van der Waals surface area contributed by atoms with Gasteiger partial charge >= 0.3 is 0 Å². The van der Waals surface area contributed by atoms with Gasteiger partial charge in [-0.1, -0.05) is 23.0 Å². The maximum absolute atomic E-state index is 12.0. The number of nitrogens with zero attached hydrogens (tertiary/aromatic N) is 5. The van der Waals surface area contributed by atoms with Crippen molar-refractivity contribution in [3.63, 3.8) is 0 Å². The molecule has 0 unspecified atom stereocenters. The number of thioether (sulfide) groups is 1. The summed E-state index contributed by atoms with van der Waals surface area (Å²) in [5.41, 5.74) is 1.47. The molecule has 0 saturated heterocycles. The minimum absolute atomic E-state index is 0.164. The molecule has 4 rings (SSSR count). The largest absolute Gasteiger partial charge is 0.360 e. The first kappa shape index (κ1) is 15.8. The quantitative estimate of drug-likeness (QED) is 0.538. The maximum atomic E-state index is 12.0. The van der Waals surface area contributed by atoms with Crippen LogP contribution in [0, 0.1) is 6.92 Å². The molecule has 25 heavy (non-hydrogen) atoms. The summed E-state index contributed by atoms with van der Waals surface area (Å²) in [5, 5.41) is 21.7. The number of amides is 1. The van der Waals surface area contributed by atoms with Crippen LogP contribution in [0.1, 0.15) is 5.76 Å². The van der Waals surface area contributed by atoms with Crippen LogP contribution in [0.5, 0.6) is 0 Å². The molecule has 0 aromatic carbocycles. The average molecular weight is 372 g/mol. The van der Waals surface area contributed by atoms with Crippen LogP contribution < -0.4 is 5.32 Å². The lowest BCUT2D eigenvalue weighted by Crippen LogP contribution is -2.14. The lowest BCUT2D eigenvalue weighted by atomic mass is 10.3. The molecular formula is C15H12N6O2S2. The number of thiophene rings is 1. The van der Waals surface area contributed by atoms with E-state index in [9.17, 15) is 4.79 Å². The predicted molar refractivity (Wildman–Crippen MR) is 94.7 cm³/mol. The van der Waals surface area contributed by atoms with E-state index in [-0.39, 0.29) is 11.7 Å². The highest BCUT2D eigenvalue weighted by molar-refractivity contribution is 7.99. The van der Waals surface area contributed by atoms with Gasteiger partial charge in [-0.05, 0) is 30.5 Å². The normalized spacial score (nSPS) is 11.1. The standard InChI is InChI=1S/C15H12N6O2S2/c1-9-7-12(20-23-9)16-14(22)8-25-15-18-17-13-5-4-10(19-21(13)15)11-3-2-6-24-11/h2-7H,8H2,1H3,(H,16,20,22). The Hall–Kier alpha value is -2.72. The van der Waals surface area contributed by atoms with Crippen LogP contribution in [-0.2, 0) is 4.79 Å². The number of hydrogen-bond donors (Lipinski definition) is 1. The molecule has 0 aliphatic heterocycles. The molecule has 0 atom stereocenters. The van der Waals surface area contributed by atoms with E-state index in [4.69, 9.17) is 4.52 Å². The van der Waals surface area contributed by atoms with Crippen molar-refractivity contribution in [2.45, 2.75) is 12.1 Å². The molecule has 0 bridgehead atoms. The molecule has 0 aliphatic rings. The Balaban J connectivity index is 1.49. The van der Waals surface area contributed by atoms with Crippen LogP contribution in [0.15, 0.2) is 45.4 Å². The number of fused-ring (bicyclic) bond motifs is 1. The fourth-order valence-corrected chi connectivity index (χ4v) is 3.53. The zero-order valence-corrected chi connectivity index (χ0v) is 14.7. The zero-order valence-electron chi connectivity index (χ0n) is 13.0. The maximum Gasteiger partial charge on any atom is 0.236 e. The molecule has 0 spiro atoms. The van der Waals surface area contributed by atoms with E-state index in [1.54, 1.807) is 28.8 Å². The first-order valence-electron chi connectivity index (χ1n) is 7.31. The van der Waals surface area contributed by atoms with Gasteiger partial charge < -0.3 is 9.84 Å². The molecule has 8 nitrogen and oxygen atoms in total. The molecule has 0 fully saturated rings. The highest BCUT2D eigenvalue weighted by Crippen LogP contribution is 2.24. The third-order valence-electron chi connectivity index (χ3n) is 3.24. The smallest absolute Gasteiger partial charge is 0.236 e. The van der Waals surface area contributed by atoms with E-state index in [0.29, 0.717) is 22.4 Å². The third-order valence-corrected chi connectivity index (χ3v) is 5.05. The highest BCUT2D eigenvalue weighted by atomic mass is 32.2. The van der Waals surface area contributed by atoms with Crippen molar-refractivity contribution in [1.29, 1.82) is 0 Å². The lowest BCUT2D eigenvalue weighted by Gasteiger charge is -2.02. The molecular weight excluding hydrogens is 360 g/mol. The van der Waals surface area contributed by atoms with E-state index in [1.807, 2.05) is 29.6 Å². The summed E-state index contributed by atoms with van der Waals surface area (Å²) in [6.45, 7) is 1.76. The Labute approximate surface area is 150 Å². The monoisotopic (exact) mass is 372 g/mol. The Morgan fingerprint density at radius 2 is 2.28 bits per heavy atom. The van der Waals surface area contributed by atoms with Gasteiger partial charge in [0.1, 0.15) is 11.5 Å². The molecule has 10 heteroatoms. The molecule has 4 aromatic rings. The Morgan fingerprint density at radius 3 is 3.04 bits per heavy atom. The zero-order chi connectivity index (χ0) is 17.2. The summed E-state index contributed by atoms with van der Waals surface area (Å²) in [6, 6.07) is 9.40. The van der Waals surface area contributed by atoms with Crippen molar-refractivity contribution in [2.75, 3.05) is 11.1 Å². The third kappa shape index (κ3) is 3.39. The molecule has 0 radical (unpaired) electrons. The van der Waals surface area contributed by atoms with Crippen LogP contribution in [0.25, 0.3) is 16.2 Å². The number of carbonyl (C=O) groups is 1. The van der Waals surface area contributed by atoms with Crippen LogP contribution in [0.4, 0.5) is 5.82 Å². The Morgan fingerprint density at radius 1 is 1.36 bits per heavy atom. The Kier molecular flexibility index (Phi) is 4.20. The lowest BCUT2D eigenvalue weighted by molar-refractivity contribution is -0.113. The van der Waals surface area contributed by atoms with E-state index in [1.165, 1.54) is 11.8 Å². The fraction of sp³-hybridized carbons (Fsp3) is 0.133. The first-order chi connectivity index (χ1) is 12.2. The highest BCUT2D eigenvalue weighted by Gasteiger charge is 2.13. The van der Waals surface area contributed by atoms with Crippen molar-refractivity contribution < 1.29 is 9.32 Å². The van der Waals surface area contributed by atoms with Gasteiger partial charge in [-0.15, -0.1) is 21.5 Å². The number of aromatic nitrogens is 5. The SMILES string of the molecule is Cc1cc(NC(=O)CSc2nnc3ccc(-c4cccs4)nn23)no1. The number of nitrogens with one attached hydrogen (secondary N) is 1. The van der Waals surface area contributed by atoms with Gasteiger partial charge in [0.2, 0.25) is 11.1 Å². The van der Waals surface area contributed by atoms with Crippen molar-refractivity contribution in [3.05, 3.63) is 41.5 Å². The van der Waals surface area contributed by atoms with E-state index >= 15 is 0 Å². The molecule has 4 heterocycles. The predicted octanol–water partition coefficient (Wildman–Crippen LogP) is 2.88. The second-order valence-corrected chi connectivity index (χ2v) is 7.00. The number of rotatable bonds is 5. The summed E-state index contributed by atoms with van der Waals surface area (Å²) in [5.74, 6) is 0.992. The fourth-order valence-electron chi connectivity index (χ4n) is 2.15. The van der Waals surface area contributed by atoms with Crippen LogP contribution in [-0.4, -0.2) is 36.6 Å². The van der Waals surface area contributed by atoms with Gasteiger partial charge in [-0.2, -0.15) is 9.61 Å². The summed E-state index contributed by atoms with van der Waals surface area (Å²) >= 11 is 2.87. The molecule has 4 aromatic heterocycles. The summed E-state index contributed by atoms with van der Waals surface area (Å²) in [6.07, 6.45) is 0. The second-order valence-electron chi connectivity index (χ2n) is 5.11. The van der Waals surface area contributed by atoms with Crippen LogP contribution in [0.3, 0.4) is 0 Å². The topological polar surface area (TPSA) is 98.2 Å². The average Bonchev–Trinajstić information content (AvgIpc) is 3.33. The number of carbonyl (C=O) groups excluding carboxylic acids is 1. The van der Waals surface area contributed by atoms with Crippen LogP contribution in [0.2, 0.25) is 0 Å². The van der Waals surface area contributed by atoms with E-state index < -0.39 is 0 Å². The van der Waals surface area contributed by atoms with Crippen LogP contribution >= 0.6 is 23.1 Å². The van der Waals surface area contributed by atoms with Gasteiger partial charge in [0.25, 0.3) is 0 Å². The second kappa shape index (κ2) is 6.65. The van der Waals surface area contributed by atoms with Gasteiger partial charge in [0.05, 0.1) is 10.6 Å². The Bertz CT molecular complexity index is 1020. The molecule has 126 valence electrons. The number of hydrogen-bond acceptors (Lipinski definition) is 8. The van der Waals surface area contributed by atoms with Crippen molar-refractivity contribution in [2.24, 2.45) is 0 Å². The van der Waals surface area contributed by atoms with Crippen molar-refractivity contribution in [3.8, 4) is 10.6 Å². The van der Waals surface area contributed by atoms with Crippen molar-refractivity contribution >= 4 is 40.5 Å². The summed E-state index contributed by atoms with van der Waals surface area (Å²) < 4.78 is 6.56.